The molecule has 0 N–H and O–H groups in total. The summed E-state index contributed by atoms with van der Waals surface area (Å²) in [4.78, 5) is 2.40. The van der Waals surface area contributed by atoms with Gasteiger partial charge in [0.25, 0.3) is 0 Å². The van der Waals surface area contributed by atoms with E-state index in [1.165, 1.54) is 50.3 Å². The van der Waals surface area contributed by atoms with Crippen LogP contribution < -0.4 is 4.90 Å². The van der Waals surface area contributed by atoms with Crippen molar-refractivity contribution in [3.8, 4) is 11.1 Å². The molecule has 0 bridgehead atoms. The van der Waals surface area contributed by atoms with Crippen LogP contribution in [0.2, 0.25) is 0 Å². The molecule has 0 unspecified atom stereocenters. The molecule has 0 radical (unpaired) electrons. The second kappa shape index (κ2) is 7.67. The highest BCUT2D eigenvalue weighted by atomic mass is 15.2. The maximum absolute atomic E-state index is 4.56. The number of para-hydroxylation sites is 1. The Balaban J connectivity index is 1.75. The van der Waals surface area contributed by atoms with E-state index in [0.717, 1.165) is 18.5 Å². The van der Waals surface area contributed by atoms with E-state index in [1.807, 2.05) is 6.92 Å². The first-order valence-corrected chi connectivity index (χ1v) is 11.6. The molecule has 1 aliphatic heterocycles. The summed E-state index contributed by atoms with van der Waals surface area (Å²) in [6.45, 7) is 13.5. The van der Waals surface area contributed by atoms with Crippen molar-refractivity contribution in [3.05, 3.63) is 119 Å². The smallest absolute Gasteiger partial charge is 0.0497 e. The van der Waals surface area contributed by atoms with Gasteiger partial charge in [0.15, 0.2) is 0 Å². The molecule has 1 nitrogen and oxygen atoms in total. The van der Waals surface area contributed by atoms with Crippen LogP contribution in [0.5, 0.6) is 0 Å². The van der Waals surface area contributed by atoms with Gasteiger partial charge in [-0.25, -0.2) is 0 Å². The van der Waals surface area contributed by atoms with Gasteiger partial charge in [-0.15, -0.1) is 0 Å². The van der Waals surface area contributed by atoms with Gasteiger partial charge in [-0.05, 0) is 83.8 Å². The van der Waals surface area contributed by atoms with E-state index in [2.05, 4.69) is 111 Å². The number of hydrogen-bond acceptors (Lipinski definition) is 1. The number of fused-ring (bicyclic) bond motifs is 5. The summed E-state index contributed by atoms with van der Waals surface area (Å²) in [6, 6.07) is 22.6. The summed E-state index contributed by atoms with van der Waals surface area (Å²) in [6.07, 6.45) is 8.38. The molecule has 0 saturated heterocycles. The maximum Gasteiger partial charge on any atom is 0.0497 e. The van der Waals surface area contributed by atoms with Crippen LogP contribution in [0, 0.1) is 0 Å². The number of hydrogen-bond donors (Lipinski definition) is 0. The lowest BCUT2D eigenvalue weighted by Crippen LogP contribution is -2.20. The van der Waals surface area contributed by atoms with Crippen molar-refractivity contribution in [1.29, 1.82) is 0 Å². The predicted octanol–water partition coefficient (Wildman–Crippen LogP) is 8.27. The van der Waals surface area contributed by atoms with Crippen molar-refractivity contribution in [2.45, 2.75) is 46.0 Å². The van der Waals surface area contributed by atoms with Crippen LogP contribution in [0.15, 0.2) is 96.7 Å². The van der Waals surface area contributed by atoms with Gasteiger partial charge in [0.05, 0.1) is 0 Å². The predicted molar refractivity (Wildman–Crippen MR) is 138 cm³/mol. The van der Waals surface area contributed by atoms with E-state index in [0.29, 0.717) is 0 Å². The molecule has 0 saturated carbocycles. The number of allylic oxidation sites excluding steroid dienone is 4. The topological polar surface area (TPSA) is 3.24 Å². The van der Waals surface area contributed by atoms with E-state index >= 15 is 0 Å². The molecule has 1 heteroatoms. The quantitative estimate of drug-likeness (QED) is 0.388. The standard InChI is InChI=1S/C31H31N/c1-6-7-12-21(2)22(3)32-29-16-11-8-13-23(29)17-18-24-19-26-25-14-9-10-15-27(25)31(4,5)28(26)20-30(24)32/h6-16,19-20H,3,17-18H2,1-2,4-5H3/b7-6-,21-12+. The SMILES string of the molecule is C=C(/C(C)=C/C=C\C)N1c2ccccc2CCc2cc3c(cc21)C(C)(C)c1ccccc1-3. The van der Waals surface area contributed by atoms with Crippen molar-refractivity contribution in [1.82, 2.24) is 0 Å². The molecule has 160 valence electrons. The largest absolute Gasteiger partial charge is 0.310 e. The highest BCUT2D eigenvalue weighted by molar-refractivity contribution is 5.86. The minimum absolute atomic E-state index is 0.0182. The lowest BCUT2D eigenvalue weighted by molar-refractivity contribution is 0.660. The first kappa shape index (κ1) is 20.6. The third kappa shape index (κ3) is 3.07. The maximum atomic E-state index is 4.56. The van der Waals surface area contributed by atoms with E-state index in [4.69, 9.17) is 0 Å². The molecule has 0 aromatic heterocycles. The highest BCUT2D eigenvalue weighted by Gasteiger charge is 2.37. The Bertz CT molecular complexity index is 1290. The van der Waals surface area contributed by atoms with E-state index < -0.39 is 0 Å². The summed E-state index contributed by atoms with van der Waals surface area (Å²) in [5, 5.41) is 0. The Hall–Kier alpha value is -3.32. The summed E-state index contributed by atoms with van der Waals surface area (Å²) < 4.78 is 0. The van der Waals surface area contributed by atoms with E-state index in [-0.39, 0.29) is 5.41 Å². The van der Waals surface area contributed by atoms with Gasteiger partial charge in [-0.2, -0.15) is 0 Å². The zero-order valence-corrected chi connectivity index (χ0v) is 19.6. The minimum Gasteiger partial charge on any atom is -0.310 e. The zero-order chi connectivity index (χ0) is 22.5. The fraction of sp³-hybridized carbons (Fsp3) is 0.226. The number of benzene rings is 3. The summed E-state index contributed by atoms with van der Waals surface area (Å²) in [5.41, 5.74) is 13.1. The Morgan fingerprint density at radius 2 is 1.59 bits per heavy atom. The van der Waals surface area contributed by atoms with Crippen LogP contribution in [-0.4, -0.2) is 0 Å². The zero-order valence-electron chi connectivity index (χ0n) is 19.6. The molecule has 2 aliphatic rings. The van der Waals surface area contributed by atoms with Gasteiger partial charge < -0.3 is 4.90 Å². The second-order valence-corrected chi connectivity index (χ2v) is 9.48. The molecule has 3 aromatic rings. The lowest BCUT2D eigenvalue weighted by Gasteiger charge is -2.31. The van der Waals surface area contributed by atoms with Crippen LogP contribution in [0.25, 0.3) is 11.1 Å². The molecular weight excluding hydrogens is 386 g/mol. The minimum atomic E-state index is -0.0182. The molecule has 1 aliphatic carbocycles. The van der Waals surface area contributed by atoms with Crippen molar-refractivity contribution in [2.75, 3.05) is 4.90 Å². The second-order valence-electron chi connectivity index (χ2n) is 9.48. The third-order valence-corrected chi connectivity index (χ3v) is 7.18. The molecule has 0 amide bonds. The van der Waals surface area contributed by atoms with E-state index in [9.17, 15) is 0 Å². The third-order valence-electron chi connectivity index (χ3n) is 7.18. The lowest BCUT2D eigenvalue weighted by atomic mass is 9.82. The molecule has 0 fully saturated rings. The summed E-state index contributed by atoms with van der Waals surface area (Å²) in [7, 11) is 0. The number of rotatable bonds is 3. The molecule has 1 heterocycles. The van der Waals surface area contributed by atoms with Gasteiger partial charge in [0, 0.05) is 22.5 Å². The first-order chi connectivity index (χ1) is 15.4. The highest BCUT2D eigenvalue weighted by Crippen LogP contribution is 2.52. The van der Waals surface area contributed by atoms with E-state index in [1.54, 1.807) is 0 Å². The van der Waals surface area contributed by atoms with Crippen LogP contribution in [0.3, 0.4) is 0 Å². The van der Waals surface area contributed by atoms with Crippen LogP contribution in [-0.2, 0) is 18.3 Å². The Morgan fingerprint density at radius 3 is 2.41 bits per heavy atom. The Morgan fingerprint density at radius 1 is 0.875 bits per heavy atom. The first-order valence-electron chi connectivity index (χ1n) is 11.6. The summed E-state index contributed by atoms with van der Waals surface area (Å²) in [5.74, 6) is 0. The average Bonchev–Trinajstić information content (AvgIpc) is 2.93. The molecular formula is C31H31N. The van der Waals surface area contributed by atoms with Gasteiger partial charge in [0.2, 0.25) is 0 Å². The number of anilines is 2. The molecule has 0 spiro atoms. The van der Waals surface area contributed by atoms with Crippen molar-refractivity contribution < 1.29 is 0 Å². The molecule has 5 rings (SSSR count). The van der Waals surface area contributed by atoms with Gasteiger partial charge in [-0.3, -0.25) is 0 Å². The average molecular weight is 418 g/mol. The van der Waals surface area contributed by atoms with Crippen molar-refractivity contribution in [2.24, 2.45) is 0 Å². The fourth-order valence-electron chi connectivity index (χ4n) is 5.33. The van der Waals surface area contributed by atoms with Gasteiger partial charge in [0.1, 0.15) is 0 Å². The van der Waals surface area contributed by atoms with Crippen molar-refractivity contribution >= 4 is 11.4 Å². The van der Waals surface area contributed by atoms with Gasteiger partial charge >= 0.3 is 0 Å². The van der Waals surface area contributed by atoms with Gasteiger partial charge in [-0.1, -0.05) is 81.1 Å². The summed E-state index contributed by atoms with van der Waals surface area (Å²) >= 11 is 0. The van der Waals surface area contributed by atoms with Crippen molar-refractivity contribution in [3.63, 3.8) is 0 Å². The normalized spacial score (nSPS) is 16.2. The monoisotopic (exact) mass is 417 g/mol. The Kier molecular flexibility index (Phi) is 4.93. The number of aryl methyl sites for hydroxylation is 2. The molecule has 0 atom stereocenters. The molecule has 3 aromatic carbocycles. The number of nitrogens with zero attached hydrogens (tertiary/aromatic N) is 1. The Labute approximate surface area is 192 Å². The van der Waals surface area contributed by atoms with Crippen LogP contribution >= 0.6 is 0 Å². The van der Waals surface area contributed by atoms with Crippen LogP contribution in [0.4, 0.5) is 11.4 Å². The van der Waals surface area contributed by atoms with Crippen LogP contribution in [0.1, 0.15) is 49.9 Å². The fourth-order valence-corrected chi connectivity index (χ4v) is 5.33. The molecule has 32 heavy (non-hydrogen) atoms.